The number of nitrogens with one attached hydrogen (secondary N) is 1. The van der Waals surface area contributed by atoms with Gasteiger partial charge in [0.2, 0.25) is 0 Å². The van der Waals surface area contributed by atoms with Crippen molar-refractivity contribution in [1.82, 2.24) is 4.90 Å². The number of hydrogen-bond donors (Lipinski definition) is 1. The van der Waals surface area contributed by atoms with Crippen molar-refractivity contribution in [3.8, 4) is 5.75 Å². The Hall–Kier alpha value is -2.83. The Kier molecular flexibility index (Phi) is 7.49. The van der Waals surface area contributed by atoms with Gasteiger partial charge in [0.1, 0.15) is 11.4 Å². The highest BCUT2D eigenvalue weighted by Gasteiger charge is 2.38. The van der Waals surface area contributed by atoms with Gasteiger partial charge >= 0.3 is 0 Å². The Morgan fingerprint density at radius 3 is 2.50 bits per heavy atom. The summed E-state index contributed by atoms with van der Waals surface area (Å²) in [4.78, 5) is 27.5. The molecular formula is C23H25ClN2O4. The predicted molar refractivity (Wildman–Crippen MR) is 117 cm³/mol. The van der Waals surface area contributed by atoms with Crippen LogP contribution in [0.4, 0.5) is 5.69 Å². The van der Waals surface area contributed by atoms with Crippen LogP contribution in [0.15, 0.2) is 54.2 Å². The van der Waals surface area contributed by atoms with E-state index in [9.17, 15) is 9.59 Å². The zero-order valence-electron chi connectivity index (χ0n) is 17.1. The molecular weight excluding hydrogens is 404 g/mol. The molecule has 1 aliphatic rings. The largest absolute Gasteiger partial charge is 0.494 e. The molecule has 1 heterocycles. The quantitative estimate of drug-likeness (QED) is 0.450. The molecule has 2 aromatic rings. The molecule has 0 atom stereocenters. The first-order valence-electron chi connectivity index (χ1n) is 9.90. The van der Waals surface area contributed by atoms with Crippen molar-refractivity contribution in [3.63, 3.8) is 0 Å². The molecule has 6 nitrogen and oxygen atoms in total. The number of ether oxygens (including phenoxy) is 2. The van der Waals surface area contributed by atoms with Crippen molar-refractivity contribution in [1.29, 1.82) is 0 Å². The maximum Gasteiger partial charge on any atom is 0.278 e. The Bertz CT molecular complexity index is 940. The van der Waals surface area contributed by atoms with E-state index in [1.807, 2.05) is 31.2 Å². The van der Waals surface area contributed by atoms with Crippen LogP contribution in [0.3, 0.4) is 0 Å². The lowest BCUT2D eigenvalue weighted by atomic mass is 10.0. The summed E-state index contributed by atoms with van der Waals surface area (Å²) >= 11 is 6.00. The highest BCUT2D eigenvalue weighted by molar-refractivity contribution is 6.36. The van der Waals surface area contributed by atoms with E-state index < -0.39 is 0 Å². The average Bonchev–Trinajstić information content (AvgIpc) is 2.97. The number of halogens is 1. The molecule has 0 bridgehead atoms. The van der Waals surface area contributed by atoms with Crippen LogP contribution in [0, 0.1) is 0 Å². The fourth-order valence-electron chi connectivity index (χ4n) is 3.17. The molecule has 30 heavy (non-hydrogen) atoms. The number of rotatable bonds is 10. The lowest BCUT2D eigenvalue weighted by Gasteiger charge is -2.15. The van der Waals surface area contributed by atoms with Crippen molar-refractivity contribution in [2.45, 2.75) is 19.8 Å². The van der Waals surface area contributed by atoms with Gasteiger partial charge in [-0.2, -0.15) is 0 Å². The first-order valence-corrected chi connectivity index (χ1v) is 10.3. The molecule has 7 heteroatoms. The fraction of sp³-hybridized carbons (Fsp3) is 0.304. The van der Waals surface area contributed by atoms with Gasteiger partial charge in [-0.25, -0.2) is 0 Å². The zero-order valence-corrected chi connectivity index (χ0v) is 17.9. The molecule has 2 aromatic carbocycles. The molecule has 0 spiro atoms. The van der Waals surface area contributed by atoms with E-state index in [2.05, 4.69) is 5.32 Å². The van der Waals surface area contributed by atoms with E-state index in [0.29, 0.717) is 47.2 Å². The summed E-state index contributed by atoms with van der Waals surface area (Å²) in [5.74, 6) is 0.00413. The highest BCUT2D eigenvalue weighted by Crippen LogP contribution is 2.32. The SMILES string of the molecule is CCCOc1cccc(NC2=C(c3ccc(Cl)cc3)C(=O)N(CCCOC)C2=O)c1. The highest BCUT2D eigenvalue weighted by atomic mass is 35.5. The molecule has 0 fully saturated rings. The molecule has 0 radical (unpaired) electrons. The molecule has 3 rings (SSSR count). The fourth-order valence-corrected chi connectivity index (χ4v) is 3.30. The first-order chi connectivity index (χ1) is 14.5. The third-order valence-corrected chi connectivity index (χ3v) is 4.86. The Morgan fingerprint density at radius 2 is 1.80 bits per heavy atom. The summed E-state index contributed by atoms with van der Waals surface area (Å²) in [5, 5.41) is 3.70. The van der Waals surface area contributed by atoms with E-state index in [1.165, 1.54) is 4.90 Å². The average molecular weight is 429 g/mol. The minimum absolute atomic E-state index is 0.243. The normalized spacial score (nSPS) is 13.9. The van der Waals surface area contributed by atoms with Crippen LogP contribution in [0.25, 0.3) is 5.57 Å². The van der Waals surface area contributed by atoms with Gasteiger partial charge in [-0.1, -0.05) is 36.7 Å². The third kappa shape index (κ3) is 5.01. The molecule has 1 N–H and O–H groups in total. The minimum atomic E-state index is -0.360. The second-order valence-electron chi connectivity index (χ2n) is 6.87. The first kappa shape index (κ1) is 21.9. The third-order valence-electron chi connectivity index (χ3n) is 4.61. The monoisotopic (exact) mass is 428 g/mol. The second-order valence-corrected chi connectivity index (χ2v) is 7.30. The number of imide groups is 1. The molecule has 0 saturated heterocycles. The number of methoxy groups -OCH3 is 1. The molecule has 0 aliphatic carbocycles. The molecule has 0 unspecified atom stereocenters. The number of carbonyl (C=O) groups is 2. The van der Waals surface area contributed by atoms with Crippen LogP contribution < -0.4 is 10.1 Å². The van der Waals surface area contributed by atoms with E-state index >= 15 is 0 Å². The van der Waals surface area contributed by atoms with E-state index in [-0.39, 0.29) is 24.1 Å². The summed E-state index contributed by atoms with van der Waals surface area (Å²) in [6, 6.07) is 14.2. The number of carbonyl (C=O) groups excluding carboxylic acids is 2. The summed E-state index contributed by atoms with van der Waals surface area (Å²) in [6.45, 7) is 3.39. The second kappa shape index (κ2) is 10.3. The molecule has 1 aliphatic heterocycles. The lowest BCUT2D eigenvalue weighted by Crippen LogP contribution is -2.33. The number of benzene rings is 2. The van der Waals surface area contributed by atoms with Crippen molar-refractivity contribution in [3.05, 3.63) is 64.8 Å². The smallest absolute Gasteiger partial charge is 0.278 e. The number of nitrogens with zero attached hydrogens (tertiary/aromatic N) is 1. The van der Waals surface area contributed by atoms with Crippen molar-refractivity contribution < 1.29 is 19.1 Å². The van der Waals surface area contributed by atoms with E-state index in [0.717, 1.165) is 6.42 Å². The van der Waals surface area contributed by atoms with Gasteiger partial charge in [0.25, 0.3) is 11.8 Å². The van der Waals surface area contributed by atoms with Gasteiger partial charge in [-0.05, 0) is 42.7 Å². The van der Waals surface area contributed by atoms with Crippen LogP contribution in [-0.2, 0) is 14.3 Å². The van der Waals surface area contributed by atoms with Gasteiger partial charge in [0, 0.05) is 37.0 Å². The van der Waals surface area contributed by atoms with Crippen LogP contribution >= 0.6 is 11.6 Å². The van der Waals surface area contributed by atoms with Crippen LogP contribution in [0.5, 0.6) is 5.75 Å². The molecule has 0 saturated carbocycles. The Morgan fingerprint density at radius 1 is 1.03 bits per heavy atom. The topological polar surface area (TPSA) is 67.9 Å². The Labute approximate surface area is 181 Å². The van der Waals surface area contributed by atoms with E-state index in [1.54, 1.807) is 31.4 Å². The summed E-state index contributed by atoms with van der Waals surface area (Å²) in [6.07, 6.45) is 1.46. The van der Waals surface area contributed by atoms with Crippen molar-refractivity contribution >= 4 is 34.7 Å². The van der Waals surface area contributed by atoms with Gasteiger partial charge in [0.05, 0.1) is 12.2 Å². The lowest BCUT2D eigenvalue weighted by molar-refractivity contribution is -0.136. The van der Waals surface area contributed by atoms with Gasteiger partial charge in [-0.15, -0.1) is 0 Å². The van der Waals surface area contributed by atoms with E-state index in [4.69, 9.17) is 21.1 Å². The number of anilines is 1. The summed E-state index contributed by atoms with van der Waals surface area (Å²) in [5.41, 5.74) is 1.87. The zero-order chi connectivity index (χ0) is 21.5. The summed E-state index contributed by atoms with van der Waals surface area (Å²) < 4.78 is 10.7. The maximum atomic E-state index is 13.1. The summed E-state index contributed by atoms with van der Waals surface area (Å²) in [7, 11) is 1.59. The maximum absolute atomic E-state index is 13.1. The molecule has 2 amide bonds. The van der Waals surface area contributed by atoms with Crippen molar-refractivity contribution in [2.75, 3.05) is 32.2 Å². The molecule has 158 valence electrons. The van der Waals surface area contributed by atoms with Gasteiger partial charge < -0.3 is 14.8 Å². The van der Waals surface area contributed by atoms with Gasteiger partial charge in [0.15, 0.2) is 0 Å². The van der Waals surface area contributed by atoms with Crippen LogP contribution in [-0.4, -0.2) is 43.6 Å². The number of hydrogen-bond acceptors (Lipinski definition) is 5. The number of amides is 2. The standard InChI is InChI=1S/C23H25ClN2O4/c1-3-13-30-19-7-4-6-18(15-19)25-21-20(16-8-10-17(24)11-9-16)22(27)26(23(21)28)12-5-14-29-2/h4,6-11,15,25H,3,5,12-14H2,1-2H3. The predicted octanol–water partition coefficient (Wildman–Crippen LogP) is 4.36. The molecule has 0 aromatic heterocycles. The van der Waals surface area contributed by atoms with Crippen molar-refractivity contribution in [2.24, 2.45) is 0 Å². The van der Waals surface area contributed by atoms with Crippen LogP contribution in [0.2, 0.25) is 5.02 Å². The van der Waals surface area contributed by atoms with Gasteiger partial charge in [-0.3, -0.25) is 14.5 Å². The van der Waals surface area contributed by atoms with Crippen LogP contribution in [0.1, 0.15) is 25.3 Å². The Balaban J connectivity index is 1.94. The minimum Gasteiger partial charge on any atom is -0.494 e.